The molecule has 0 saturated heterocycles. The van der Waals surface area contributed by atoms with E-state index in [2.05, 4.69) is 24.1 Å². The number of aromatic nitrogens is 1. The molecular formula is C18H24N2O3S. The zero-order valence-electron chi connectivity index (χ0n) is 15.0. The molecule has 5 nitrogen and oxygen atoms in total. The SMILES string of the molecule is COc1ccc(C(C)(C)C(=O)Nc2nc(C(C)C)cs2)cc1OC. The molecule has 24 heavy (non-hydrogen) atoms. The number of ether oxygens (including phenoxy) is 2. The van der Waals surface area contributed by atoms with Crippen LogP contribution >= 0.6 is 11.3 Å². The van der Waals surface area contributed by atoms with Crippen molar-refractivity contribution in [1.29, 1.82) is 0 Å². The topological polar surface area (TPSA) is 60.5 Å². The lowest BCUT2D eigenvalue weighted by Crippen LogP contribution is -2.34. The van der Waals surface area contributed by atoms with Crippen molar-refractivity contribution < 1.29 is 14.3 Å². The summed E-state index contributed by atoms with van der Waals surface area (Å²) in [7, 11) is 3.17. The van der Waals surface area contributed by atoms with Gasteiger partial charge in [0, 0.05) is 5.38 Å². The number of rotatable bonds is 6. The molecule has 0 aliphatic rings. The first-order valence-electron chi connectivity index (χ1n) is 7.79. The van der Waals surface area contributed by atoms with E-state index in [1.165, 1.54) is 11.3 Å². The normalized spacial score (nSPS) is 11.5. The van der Waals surface area contributed by atoms with E-state index in [4.69, 9.17) is 9.47 Å². The summed E-state index contributed by atoms with van der Waals surface area (Å²) in [5.74, 6) is 1.47. The Balaban J connectivity index is 2.23. The van der Waals surface area contributed by atoms with Gasteiger partial charge in [0.15, 0.2) is 16.6 Å². The van der Waals surface area contributed by atoms with E-state index in [1.54, 1.807) is 14.2 Å². The van der Waals surface area contributed by atoms with E-state index in [0.29, 0.717) is 22.5 Å². The zero-order valence-corrected chi connectivity index (χ0v) is 15.8. The maximum Gasteiger partial charge on any atom is 0.236 e. The molecule has 0 fully saturated rings. The molecular weight excluding hydrogens is 324 g/mol. The van der Waals surface area contributed by atoms with E-state index in [0.717, 1.165) is 11.3 Å². The van der Waals surface area contributed by atoms with Gasteiger partial charge in [-0.1, -0.05) is 19.9 Å². The first-order chi connectivity index (χ1) is 11.3. The van der Waals surface area contributed by atoms with Crippen LogP contribution in [0.3, 0.4) is 0 Å². The molecule has 1 aromatic carbocycles. The van der Waals surface area contributed by atoms with Crippen LogP contribution in [0.25, 0.3) is 0 Å². The van der Waals surface area contributed by atoms with Crippen LogP contribution in [-0.4, -0.2) is 25.1 Å². The van der Waals surface area contributed by atoms with Gasteiger partial charge in [0.2, 0.25) is 5.91 Å². The van der Waals surface area contributed by atoms with Gasteiger partial charge in [-0.25, -0.2) is 4.98 Å². The number of hydrogen-bond acceptors (Lipinski definition) is 5. The number of amides is 1. The highest BCUT2D eigenvalue weighted by atomic mass is 32.1. The molecule has 6 heteroatoms. The van der Waals surface area contributed by atoms with E-state index < -0.39 is 5.41 Å². The minimum Gasteiger partial charge on any atom is -0.493 e. The van der Waals surface area contributed by atoms with Crippen molar-refractivity contribution >= 4 is 22.4 Å². The third-order valence-corrected chi connectivity index (χ3v) is 4.78. The van der Waals surface area contributed by atoms with Crippen LogP contribution in [0.4, 0.5) is 5.13 Å². The lowest BCUT2D eigenvalue weighted by atomic mass is 9.83. The van der Waals surface area contributed by atoms with Crippen LogP contribution in [0.1, 0.15) is 44.9 Å². The van der Waals surface area contributed by atoms with Crippen molar-refractivity contribution in [2.75, 3.05) is 19.5 Å². The number of hydrogen-bond donors (Lipinski definition) is 1. The maximum atomic E-state index is 12.8. The zero-order chi connectivity index (χ0) is 17.9. The second kappa shape index (κ2) is 7.21. The minimum atomic E-state index is -0.733. The minimum absolute atomic E-state index is 0.112. The average molecular weight is 348 g/mol. The van der Waals surface area contributed by atoms with Gasteiger partial charge >= 0.3 is 0 Å². The highest BCUT2D eigenvalue weighted by Crippen LogP contribution is 2.34. The van der Waals surface area contributed by atoms with Gasteiger partial charge in [-0.3, -0.25) is 4.79 Å². The van der Waals surface area contributed by atoms with Gasteiger partial charge in [-0.05, 0) is 37.5 Å². The lowest BCUT2D eigenvalue weighted by Gasteiger charge is -2.24. The van der Waals surface area contributed by atoms with E-state index in [-0.39, 0.29) is 5.91 Å². The molecule has 0 spiro atoms. The molecule has 0 atom stereocenters. The Bertz CT molecular complexity index is 723. The monoisotopic (exact) mass is 348 g/mol. The Kier molecular flexibility index (Phi) is 5.49. The molecule has 0 unspecified atom stereocenters. The summed E-state index contributed by atoms with van der Waals surface area (Å²) < 4.78 is 10.6. The number of anilines is 1. The van der Waals surface area contributed by atoms with Gasteiger partial charge in [0.05, 0.1) is 25.3 Å². The van der Waals surface area contributed by atoms with Crippen LogP contribution in [0.2, 0.25) is 0 Å². The third-order valence-electron chi connectivity index (χ3n) is 4.01. The quantitative estimate of drug-likeness (QED) is 0.850. The Hall–Kier alpha value is -2.08. The largest absolute Gasteiger partial charge is 0.493 e. The summed E-state index contributed by atoms with van der Waals surface area (Å²) in [6.07, 6.45) is 0. The molecule has 1 N–H and O–H groups in total. The van der Waals surface area contributed by atoms with Crippen LogP contribution in [0.15, 0.2) is 23.6 Å². The molecule has 0 aliphatic carbocycles. The Morgan fingerprint density at radius 1 is 1.21 bits per heavy atom. The predicted octanol–water partition coefficient (Wildman–Crippen LogP) is 4.20. The van der Waals surface area contributed by atoms with Gasteiger partial charge < -0.3 is 14.8 Å². The van der Waals surface area contributed by atoms with Crippen LogP contribution in [-0.2, 0) is 10.2 Å². The molecule has 0 saturated carbocycles. The molecule has 1 aromatic heterocycles. The smallest absolute Gasteiger partial charge is 0.236 e. The summed E-state index contributed by atoms with van der Waals surface area (Å²) in [6, 6.07) is 5.52. The van der Waals surface area contributed by atoms with E-state index in [9.17, 15) is 4.79 Å². The molecule has 2 rings (SSSR count). The number of carbonyl (C=O) groups excluding carboxylic acids is 1. The van der Waals surface area contributed by atoms with E-state index >= 15 is 0 Å². The number of carbonyl (C=O) groups is 1. The van der Waals surface area contributed by atoms with Crippen LogP contribution in [0.5, 0.6) is 11.5 Å². The van der Waals surface area contributed by atoms with Crippen LogP contribution in [0, 0.1) is 0 Å². The third kappa shape index (κ3) is 3.70. The summed E-state index contributed by atoms with van der Waals surface area (Å²) in [5, 5.41) is 5.52. The van der Waals surface area contributed by atoms with Crippen LogP contribution < -0.4 is 14.8 Å². The number of thiazole rings is 1. The van der Waals surface area contributed by atoms with Gasteiger partial charge in [-0.15, -0.1) is 11.3 Å². The molecule has 0 radical (unpaired) electrons. The highest BCUT2D eigenvalue weighted by molar-refractivity contribution is 7.13. The fourth-order valence-electron chi connectivity index (χ4n) is 2.22. The highest BCUT2D eigenvalue weighted by Gasteiger charge is 2.31. The molecule has 130 valence electrons. The number of benzene rings is 1. The second-order valence-corrected chi connectivity index (χ2v) is 7.24. The average Bonchev–Trinajstić information content (AvgIpc) is 3.02. The van der Waals surface area contributed by atoms with Crippen molar-refractivity contribution in [3.63, 3.8) is 0 Å². The molecule has 1 heterocycles. The first kappa shape index (κ1) is 18.3. The summed E-state index contributed by atoms with van der Waals surface area (Å²) in [6.45, 7) is 7.91. The number of nitrogens with one attached hydrogen (secondary N) is 1. The molecule has 0 bridgehead atoms. The van der Waals surface area contributed by atoms with Crippen molar-refractivity contribution in [1.82, 2.24) is 4.98 Å². The first-order valence-corrected chi connectivity index (χ1v) is 8.67. The predicted molar refractivity (Wildman–Crippen MR) is 97.4 cm³/mol. The Morgan fingerprint density at radius 3 is 2.42 bits per heavy atom. The number of nitrogens with zero attached hydrogens (tertiary/aromatic N) is 1. The molecule has 0 aliphatic heterocycles. The maximum absolute atomic E-state index is 12.8. The fraction of sp³-hybridized carbons (Fsp3) is 0.444. The van der Waals surface area contributed by atoms with Gasteiger partial charge in [0.1, 0.15) is 0 Å². The van der Waals surface area contributed by atoms with Gasteiger partial charge in [-0.2, -0.15) is 0 Å². The second-order valence-electron chi connectivity index (χ2n) is 6.38. The number of methoxy groups -OCH3 is 2. The summed E-state index contributed by atoms with van der Waals surface area (Å²) in [5.41, 5.74) is 1.10. The Morgan fingerprint density at radius 2 is 1.88 bits per heavy atom. The fourth-order valence-corrected chi connectivity index (χ4v) is 3.09. The molecule has 1 amide bonds. The molecule has 2 aromatic rings. The summed E-state index contributed by atoms with van der Waals surface area (Å²) in [4.78, 5) is 17.2. The lowest BCUT2D eigenvalue weighted by molar-refractivity contribution is -0.120. The van der Waals surface area contributed by atoms with Gasteiger partial charge in [0.25, 0.3) is 0 Å². The van der Waals surface area contributed by atoms with Crippen molar-refractivity contribution in [2.45, 2.75) is 39.0 Å². The summed E-state index contributed by atoms with van der Waals surface area (Å²) >= 11 is 1.44. The standard InChI is InChI=1S/C18H24N2O3S/c1-11(2)13-10-24-17(19-13)20-16(21)18(3,4)12-7-8-14(22-5)15(9-12)23-6/h7-11H,1-6H3,(H,19,20,21). The van der Waals surface area contributed by atoms with E-state index in [1.807, 2.05) is 37.4 Å². The van der Waals surface area contributed by atoms with Crippen molar-refractivity contribution in [3.05, 3.63) is 34.8 Å². The van der Waals surface area contributed by atoms with Crippen molar-refractivity contribution in [3.8, 4) is 11.5 Å². The Labute approximate surface area is 147 Å². The van der Waals surface area contributed by atoms with Crippen molar-refractivity contribution in [2.24, 2.45) is 0 Å².